The largest absolute Gasteiger partial charge is 0.284 e. The van der Waals surface area contributed by atoms with Crippen molar-refractivity contribution in [1.29, 1.82) is 0 Å². The summed E-state index contributed by atoms with van der Waals surface area (Å²) in [5, 5.41) is 11.4. The Labute approximate surface area is 184 Å². The van der Waals surface area contributed by atoms with Gasteiger partial charge in [-0.05, 0) is 60.2 Å². The normalized spacial score (nSPS) is 11.4. The molecule has 32 heavy (non-hydrogen) atoms. The van der Waals surface area contributed by atoms with E-state index < -0.39 is 10.0 Å². The lowest BCUT2D eigenvalue weighted by atomic mass is 10.0. The van der Waals surface area contributed by atoms with Crippen LogP contribution in [0, 0.1) is 0 Å². The molecular formula is C23H18N6O2S. The molecule has 0 fully saturated rings. The summed E-state index contributed by atoms with van der Waals surface area (Å²) < 4.78 is 30.2. The van der Waals surface area contributed by atoms with E-state index in [-0.39, 0.29) is 4.90 Å². The van der Waals surface area contributed by atoms with Crippen molar-refractivity contribution in [2.45, 2.75) is 4.90 Å². The lowest BCUT2D eigenvalue weighted by Gasteiger charge is -2.10. The Kier molecular flexibility index (Phi) is 5.00. The van der Waals surface area contributed by atoms with E-state index >= 15 is 0 Å². The van der Waals surface area contributed by atoms with Crippen molar-refractivity contribution in [2.75, 3.05) is 4.72 Å². The average molecular weight is 443 g/mol. The number of aromatic amines is 1. The van der Waals surface area contributed by atoms with Crippen LogP contribution in [0.1, 0.15) is 0 Å². The summed E-state index contributed by atoms with van der Waals surface area (Å²) in [6.07, 6.45) is 8.70. The Bertz CT molecular complexity index is 1440. The van der Waals surface area contributed by atoms with Gasteiger partial charge in [0, 0.05) is 47.8 Å². The maximum Gasteiger partial charge on any atom is 0.261 e. The fourth-order valence-electron chi connectivity index (χ4n) is 3.41. The van der Waals surface area contributed by atoms with E-state index in [4.69, 9.17) is 0 Å². The van der Waals surface area contributed by atoms with E-state index in [1.165, 1.54) is 0 Å². The Morgan fingerprint density at radius 1 is 0.875 bits per heavy atom. The van der Waals surface area contributed by atoms with Gasteiger partial charge >= 0.3 is 0 Å². The Morgan fingerprint density at radius 3 is 2.44 bits per heavy atom. The van der Waals surface area contributed by atoms with Crippen molar-refractivity contribution in [1.82, 2.24) is 25.0 Å². The second-order valence-electron chi connectivity index (χ2n) is 7.01. The Balaban J connectivity index is 1.42. The SMILES string of the molecule is O=S(=O)(Nc1cccc(-c2n[nH]cc2-c2ccncc2)c1)c1ccc(-n2cccn2)cc1. The summed E-state index contributed by atoms with van der Waals surface area (Å²) in [5.41, 5.74) is 4.60. The number of hydrogen-bond donors (Lipinski definition) is 2. The molecule has 0 spiro atoms. The lowest BCUT2D eigenvalue weighted by molar-refractivity contribution is 0.601. The summed E-state index contributed by atoms with van der Waals surface area (Å²) in [6.45, 7) is 0. The number of benzene rings is 2. The molecule has 0 bridgehead atoms. The fourth-order valence-corrected chi connectivity index (χ4v) is 4.45. The monoisotopic (exact) mass is 442 g/mol. The highest BCUT2D eigenvalue weighted by molar-refractivity contribution is 7.92. The first kappa shape index (κ1) is 19.7. The molecule has 0 aliphatic rings. The van der Waals surface area contributed by atoms with Gasteiger partial charge in [-0.3, -0.25) is 14.8 Å². The van der Waals surface area contributed by atoms with Gasteiger partial charge in [0.05, 0.1) is 16.3 Å². The van der Waals surface area contributed by atoms with Gasteiger partial charge in [-0.15, -0.1) is 0 Å². The van der Waals surface area contributed by atoms with Crippen LogP contribution in [0.15, 0.2) is 103 Å². The number of pyridine rings is 1. The molecule has 5 rings (SSSR count). The summed E-state index contributed by atoms with van der Waals surface area (Å²) in [7, 11) is -3.76. The van der Waals surface area contributed by atoms with Crippen LogP contribution < -0.4 is 4.72 Å². The van der Waals surface area contributed by atoms with Crippen molar-refractivity contribution in [3.63, 3.8) is 0 Å². The predicted molar refractivity (Wildman–Crippen MR) is 122 cm³/mol. The number of rotatable bonds is 6. The first-order chi connectivity index (χ1) is 15.6. The maximum absolute atomic E-state index is 12.9. The van der Waals surface area contributed by atoms with Crippen molar-refractivity contribution in [2.24, 2.45) is 0 Å². The first-order valence-corrected chi connectivity index (χ1v) is 11.3. The number of nitrogens with zero attached hydrogens (tertiary/aromatic N) is 4. The van der Waals surface area contributed by atoms with Crippen molar-refractivity contribution >= 4 is 15.7 Å². The van der Waals surface area contributed by atoms with Crippen LogP contribution in [0.25, 0.3) is 28.1 Å². The third-order valence-corrected chi connectivity index (χ3v) is 6.33. The zero-order valence-corrected chi connectivity index (χ0v) is 17.6. The van der Waals surface area contributed by atoms with Gasteiger partial charge in [-0.2, -0.15) is 10.2 Å². The fraction of sp³-hybridized carbons (Fsp3) is 0. The van der Waals surface area contributed by atoms with Crippen LogP contribution in [-0.4, -0.2) is 33.4 Å². The van der Waals surface area contributed by atoms with Crippen molar-refractivity contribution in [3.8, 4) is 28.1 Å². The summed E-state index contributed by atoms with van der Waals surface area (Å²) in [5.74, 6) is 0. The zero-order chi connectivity index (χ0) is 22.0. The second kappa shape index (κ2) is 8.12. The summed E-state index contributed by atoms with van der Waals surface area (Å²) in [6, 6.07) is 19.3. The van der Waals surface area contributed by atoms with Crippen LogP contribution in [0.5, 0.6) is 0 Å². The first-order valence-electron chi connectivity index (χ1n) is 9.78. The van der Waals surface area contributed by atoms with Gasteiger partial charge < -0.3 is 0 Å². The minimum atomic E-state index is -3.76. The highest BCUT2D eigenvalue weighted by Gasteiger charge is 2.16. The molecule has 9 heteroatoms. The standard InChI is InChI=1S/C23H18N6O2S/c30-32(31,21-7-5-20(6-8-21)29-14-2-11-26-29)28-19-4-1-3-18(15-19)23-22(16-25-27-23)17-9-12-24-13-10-17/h1-16,28H,(H,25,27). The topological polar surface area (TPSA) is 106 Å². The van der Waals surface area contributed by atoms with E-state index in [1.807, 2.05) is 24.4 Å². The van der Waals surface area contributed by atoms with Gasteiger partial charge in [0.1, 0.15) is 0 Å². The minimum Gasteiger partial charge on any atom is -0.284 e. The molecule has 0 aliphatic carbocycles. The van der Waals surface area contributed by atoms with Crippen molar-refractivity contribution in [3.05, 3.63) is 97.7 Å². The number of hydrogen-bond acceptors (Lipinski definition) is 5. The maximum atomic E-state index is 12.9. The third kappa shape index (κ3) is 3.88. The van der Waals surface area contributed by atoms with E-state index in [2.05, 4.69) is 25.0 Å². The van der Waals surface area contributed by atoms with E-state index in [9.17, 15) is 8.42 Å². The van der Waals surface area contributed by atoms with E-state index in [1.54, 1.807) is 78.0 Å². The molecule has 0 atom stereocenters. The van der Waals surface area contributed by atoms with Crippen LogP contribution in [-0.2, 0) is 10.0 Å². The molecule has 5 aromatic rings. The second-order valence-corrected chi connectivity index (χ2v) is 8.70. The van der Waals surface area contributed by atoms with Crippen molar-refractivity contribution < 1.29 is 8.42 Å². The van der Waals surface area contributed by atoms with E-state index in [0.29, 0.717) is 5.69 Å². The van der Waals surface area contributed by atoms with Crippen LogP contribution >= 0.6 is 0 Å². The van der Waals surface area contributed by atoms with Gasteiger partial charge in [0.15, 0.2) is 0 Å². The Hall–Kier alpha value is -4.24. The number of H-pyrrole nitrogens is 1. The molecule has 2 aromatic carbocycles. The molecule has 0 saturated carbocycles. The zero-order valence-electron chi connectivity index (χ0n) is 16.8. The highest BCUT2D eigenvalue weighted by Crippen LogP contribution is 2.31. The molecule has 0 aliphatic heterocycles. The summed E-state index contributed by atoms with van der Waals surface area (Å²) >= 11 is 0. The molecule has 3 aromatic heterocycles. The van der Waals surface area contributed by atoms with Gasteiger partial charge in [0.2, 0.25) is 0 Å². The minimum absolute atomic E-state index is 0.163. The molecule has 158 valence electrons. The molecule has 2 N–H and O–H groups in total. The quantitative estimate of drug-likeness (QED) is 0.411. The number of nitrogens with one attached hydrogen (secondary N) is 2. The highest BCUT2D eigenvalue weighted by atomic mass is 32.2. The lowest BCUT2D eigenvalue weighted by Crippen LogP contribution is -2.13. The number of anilines is 1. The molecular weight excluding hydrogens is 424 g/mol. The third-order valence-electron chi connectivity index (χ3n) is 4.94. The smallest absolute Gasteiger partial charge is 0.261 e. The molecule has 8 nitrogen and oxygen atoms in total. The Morgan fingerprint density at radius 2 is 1.69 bits per heavy atom. The average Bonchev–Trinajstić information content (AvgIpc) is 3.52. The number of sulfonamides is 1. The molecule has 3 heterocycles. The summed E-state index contributed by atoms with van der Waals surface area (Å²) in [4.78, 5) is 4.21. The van der Waals surface area contributed by atoms with Gasteiger partial charge in [-0.1, -0.05) is 12.1 Å². The number of aromatic nitrogens is 5. The van der Waals surface area contributed by atoms with Gasteiger partial charge in [-0.25, -0.2) is 13.1 Å². The molecule has 0 radical (unpaired) electrons. The van der Waals surface area contributed by atoms with Crippen LogP contribution in [0.4, 0.5) is 5.69 Å². The van der Waals surface area contributed by atoms with Crippen LogP contribution in [0.2, 0.25) is 0 Å². The molecule has 0 amide bonds. The van der Waals surface area contributed by atoms with E-state index in [0.717, 1.165) is 28.1 Å². The molecule has 0 unspecified atom stereocenters. The molecule has 0 saturated heterocycles. The van der Waals surface area contributed by atoms with Crippen LogP contribution in [0.3, 0.4) is 0 Å². The predicted octanol–water partition coefficient (Wildman–Crippen LogP) is 4.13. The van der Waals surface area contributed by atoms with Gasteiger partial charge in [0.25, 0.3) is 10.0 Å².